The SMILES string of the molecule is CCC(C)(C)C(=O)OCCS(=O)(=O)[O-].[Na+]. The molecule has 0 heterocycles. The Bertz CT molecular complexity index is 296. The number of ether oxygens (including phenoxy) is 1. The number of esters is 1. The Balaban J connectivity index is 0. The van der Waals surface area contributed by atoms with Crippen LogP contribution in [0, 0.1) is 5.41 Å². The monoisotopic (exact) mass is 246 g/mol. The Labute approximate surface area is 113 Å². The molecule has 0 saturated heterocycles. The molecule has 0 aliphatic heterocycles. The summed E-state index contributed by atoms with van der Waals surface area (Å²) in [5.74, 6) is -1.15. The zero-order valence-electron chi connectivity index (χ0n) is 9.57. The molecule has 0 aliphatic carbocycles. The Morgan fingerprint density at radius 3 is 2.20 bits per heavy atom. The molecule has 0 saturated carbocycles. The number of hydrogen-bond acceptors (Lipinski definition) is 5. The first kappa shape index (κ1) is 17.8. The maximum absolute atomic E-state index is 11.3. The van der Waals surface area contributed by atoms with Gasteiger partial charge in [-0.2, -0.15) is 0 Å². The summed E-state index contributed by atoms with van der Waals surface area (Å²) in [5.41, 5.74) is -0.632. The second-order valence-electron chi connectivity index (χ2n) is 3.64. The van der Waals surface area contributed by atoms with E-state index in [1.54, 1.807) is 13.8 Å². The minimum Gasteiger partial charge on any atom is -0.748 e. The largest absolute Gasteiger partial charge is 1.00 e. The van der Waals surface area contributed by atoms with Crippen molar-refractivity contribution >= 4 is 16.1 Å². The fourth-order valence-electron chi connectivity index (χ4n) is 0.576. The minimum atomic E-state index is -4.30. The molecule has 0 bridgehead atoms. The molecule has 0 amide bonds. The topological polar surface area (TPSA) is 83.5 Å². The number of rotatable bonds is 5. The maximum atomic E-state index is 11.3. The minimum absolute atomic E-state index is 0. The Hall–Kier alpha value is 0.380. The van der Waals surface area contributed by atoms with Gasteiger partial charge in [0.1, 0.15) is 6.61 Å². The number of hydrogen-bond donors (Lipinski definition) is 0. The van der Waals surface area contributed by atoms with Crippen LogP contribution in [0.1, 0.15) is 27.2 Å². The molecular weight excluding hydrogens is 231 g/mol. The quantitative estimate of drug-likeness (QED) is 0.304. The molecule has 0 aromatic carbocycles. The third kappa shape index (κ3) is 8.21. The molecule has 5 nitrogen and oxygen atoms in total. The van der Waals surface area contributed by atoms with Crippen LogP contribution in [-0.4, -0.2) is 31.3 Å². The van der Waals surface area contributed by atoms with Crippen LogP contribution in [-0.2, 0) is 19.6 Å². The molecule has 0 radical (unpaired) electrons. The van der Waals surface area contributed by atoms with Crippen LogP contribution in [0.3, 0.4) is 0 Å². The maximum Gasteiger partial charge on any atom is 1.00 e. The molecule has 0 rings (SSSR count). The normalized spacial score (nSPS) is 11.7. The first-order valence-corrected chi connectivity index (χ1v) is 5.87. The van der Waals surface area contributed by atoms with Crippen LogP contribution in [0.5, 0.6) is 0 Å². The first-order valence-electron chi connectivity index (χ1n) is 4.30. The molecule has 0 aromatic rings. The van der Waals surface area contributed by atoms with Gasteiger partial charge in [0.2, 0.25) is 0 Å². The molecule has 0 fully saturated rings. The van der Waals surface area contributed by atoms with Gasteiger partial charge in [0.25, 0.3) is 0 Å². The molecular formula is C8H15NaO5S. The van der Waals surface area contributed by atoms with E-state index in [9.17, 15) is 17.8 Å². The average Bonchev–Trinajstić information content (AvgIpc) is 2.02. The molecule has 7 heteroatoms. The van der Waals surface area contributed by atoms with Crippen LogP contribution in [0.15, 0.2) is 0 Å². The van der Waals surface area contributed by atoms with Crippen LogP contribution in [0.4, 0.5) is 0 Å². The summed E-state index contributed by atoms with van der Waals surface area (Å²) in [6.45, 7) is 4.85. The van der Waals surface area contributed by atoms with E-state index in [1.165, 1.54) is 0 Å². The van der Waals surface area contributed by atoms with Crippen LogP contribution >= 0.6 is 0 Å². The predicted octanol–water partition coefficient (Wildman–Crippen LogP) is -2.48. The van der Waals surface area contributed by atoms with E-state index < -0.39 is 27.3 Å². The number of carbonyl (C=O) groups excluding carboxylic acids is 1. The van der Waals surface area contributed by atoms with Gasteiger partial charge in [-0.3, -0.25) is 4.79 Å². The predicted molar refractivity (Wildman–Crippen MR) is 49.6 cm³/mol. The third-order valence-electron chi connectivity index (χ3n) is 2.00. The number of carbonyl (C=O) groups is 1. The van der Waals surface area contributed by atoms with Crippen molar-refractivity contribution in [3.63, 3.8) is 0 Å². The van der Waals surface area contributed by atoms with E-state index in [2.05, 4.69) is 4.74 Å². The fourth-order valence-corrected chi connectivity index (χ4v) is 0.864. The Kier molecular flexibility index (Phi) is 8.12. The van der Waals surface area contributed by atoms with E-state index in [-0.39, 0.29) is 36.2 Å². The van der Waals surface area contributed by atoms with Gasteiger partial charge in [-0.05, 0) is 20.3 Å². The van der Waals surface area contributed by atoms with Crippen molar-refractivity contribution in [2.75, 3.05) is 12.4 Å². The van der Waals surface area contributed by atoms with Gasteiger partial charge in [0, 0.05) is 0 Å². The molecule has 0 N–H and O–H groups in total. The molecule has 0 spiro atoms. The van der Waals surface area contributed by atoms with E-state index in [0.717, 1.165) is 0 Å². The zero-order chi connectivity index (χ0) is 11.4. The van der Waals surface area contributed by atoms with Gasteiger partial charge in [0.05, 0.1) is 21.3 Å². The summed E-state index contributed by atoms with van der Waals surface area (Å²) in [6.07, 6.45) is 0.593. The van der Waals surface area contributed by atoms with Crippen molar-refractivity contribution in [3.05, 3.63) is 0 Å². The standard InChI is InChI=1S/C8H16O5S.Na/c1-4-8(2,3)7(9)13-5-6-14(10,11)12;/h4-6H2,1-3H3,(H,10,11,12);/q;+1/p-1. The van der Waals surface area contributed by atoms with E-state index >= 15 is 0 Å². The van der Waals surface area contributed by atoms with Gasteiger partial charge < -0.3 is 9.29 Å². The second-order valence-corrected chi connectivity index (χ2v) is 5.16. The summed E-state index contributed by atoms with van der Waals surface area (Å²) in [7, 11) is -4.30. The van der Waals surface area contributed by atoms with E-state index in [4.69, 9.17) is 0 Å². The fraction of sp³-hybridized carbons (Fsp3) is 0.875. The third-order valence-corrected chi connectivity index (χ3v) is 2.67. The van der Waals surface area contributed by atoms with Crippen molar-refractivity contribution in [3.8, 4) is 0 Å². The van der Waals surface area contributed by atoms with Crippen molar-refractivity contribution in [2.24, 2.45) is 5.41 Å². The van der Waals surface area contributed by atoms with Crippen LogP contribution in [0.2, 0.25) is 0 Å². The summed E-state index contributed by atoms with van der Waals surface area (Å²) in [6, 6.07) is 0. The van der Waals surface area contributed by atoms with Gasteiger partial charge in [-0.25, -0.2) is 8.42 Å². The Morgan fingerprint density at radius 1 is 1.40 bits per heavy atom. The van der Waals surface area contributed by atoms with Crippen molar-refractivity contribution in [2.45, 2.75) is 27.2 Å². The first-order chi connectivity index (χ1) is 6.19. The van der Waals surface area contributed by atoms with Crippen molar-refractivity contribution < 1.29 is 52.1 Å². The Morgan fingerprint density at radius 2 is 1.87 bits per heavy atom. The van der Waals surface area contributed by atoms with Crippen LogP contribution in [0.25, 0.3) is 0 Å². The molecule has 0 aliphatic rings. The van der Waals surface area contributed by atoms with Crippen LogP contribution < -0.4 is 29.6 Å². The van der Waals surface area contributed by atoms with Crippen molar-refractivity contribution in [1.82, 2.24) is 0 Å². The summed E-state index contributed by atoms with van der Waals surface area (Å²) in [4.78, 5) is 11.3. The zero-order valence-corrected chi connectivity index (χ0v) is 12.4. The van der Waals surface area contributed by atoms with Gasteiger partial charge in [0.15, 0.2) is 0 Å². The van der Waals surface area contributed by atoms with Crippen molar-refractivity contribution in [1.29, 1.82) is 0 Å². The van der Waals surface area contributed by atoms with Gasteiger partial charge in [-0.1, -0.05) is 6.92 Å². The second kappa shape index (κ2) is 6.85. The molecule has 15 heavy (non-hydrogen) atoms. The average molecular weight is 246 g/mol. The molecule has 0 atom stereocenters. The van der Waals surface area contributed by atoms with E-state index in [0.29, 0.717) is 6.42 Å². The molecule has 0 unspecified atom stereocenters. The van der Waals surface area contributed by atoms with Gasteiger partial charge >= 0.3 is 35.5 Å². The molecule has 84 valence electrons. The smallest absolute Gasteiger partial charge is 0.748 e. The summed E-state index contributed by atoms with van der Waals surface area (Å²) in [5, 5.41) is 0. The van der Waals surface area contributed by atoms with Gasteiger partial charge in [-0.15, -0.1) is 0 Å². The van der Waals surface area contributed by atoms with E-state index in [1.807, 2.05) is 6.92 Å². The molecule has 0 aromatic heterocycles. The summed E-state index contributed by atoms with van der Waals surface area (Å²) >= 11 is 0. The summed E-state index contributed by atoms with van der Waals surface area (Å²) < 4.78 is 35.2.